The van der Waals surface area contributed by atoms with Crippen LogP contribution in [0.5, 0.6) is 0 Å². The first-order valence-corrected chi connectivity index (χ1v) is 9.47. The number of hydrogen-bond acceptors (Lipinski definition) is 2. The molecule has 0 unspecified atom stereocenters. The summed E-state index contributed by atoms with van der Waals surface area (Å²) < 4.78 is 1.93. The molecule has 4 heteroatoms. The second-order valence-corrected chi connectivity index (χ2v) is 7.03. The fourth-order valence-corrected chi connectivity index (χ4v) is 3.54. The Labute approximate surface area is 164 Å². The zero-order valence-electron chi connectivity index (χ0n) is 16.1. The topological polar surface area (TPSA) is 46.9 Å². The van der Waals surface area contributed by atoms with Gasteiger partial charge in [0.1, 0.15) is 0 Å². The van der Waals surface area contributed by atoms with Crippen molar-refractivity contribution in [2.24, 2.45) is 0 Å². The number of rotatable bonds is 5. The van der Waals surface area contributed by atoms with Crippen molar-refractivity contribution in [3.63, 3.8) is 0 Å². The van der Waals surface area contributed by atoms with Gasteiger partial charge in [0, 0.05) is 17.8 Å². The van der Waals surface area contributed by atoms with Crippen molar-refractivity contribution in [3.05, 3.63) is 95.3 Å². The van der Waals surface area contributed by atoms with Gasteiger partial charge in [-0.2, -0.15) is 5.10 Å². The van der Waals surface area contributed by atoms with Crippen molar-refractivity contribution in [1.29, 1.82) is 0 Å². The Hall–Kier alpha value is -3.40. The molecule has 1 heterocycles. The van der Waals surface area contributed by atoms with E-state index in [-0.39, 0.29) is 5.91 Å². The lowest BCUT2D eigenvalue weighted by Crippen LogP contribution is -2.25. The Morgan fingerprint density at radius 2 is 1.64 bits per heavy atom. The third-order valence-electron chi connectivity index (χ3n) is 5.08. The molecule has 0 spiro atoms. The average Bonchev–Trinajstić information content (AvgIpc) is 3.00. The number of aryl methyl sites for hydroxylation is 1. The molecule has 140 valence electrons. The van der Waals surface area contributed by atoms with Crippen molar-refractivity contribution in [2.45, 2.75) is 26.8 Å². The van der Waals surface area contributed by atoms with Crippen LogP contribution in [0, 0.1) is 13.8 Å². The van der Waals surface area contributed by atoms with E-state index in [0.717, 1.165) is 33.6 Å². The number of fused-ring (bicyclic) bond motifs is 1. The van der Waals surface area contributed by atoms with Crippen molar-refractivity contribution in [3.8, 4) is 5.69 Å². The standard InChI is InChI=1S/C24H23N3O/c1-17-23(18(2)27(26-17)22-10-4-3-5-11-22)16-25-24(28)15-19-12-13-20-8-6-7-9-21(20)14-19/h3-14H,15-16H2,1-2H3,(H,25,28). The average molecular weight is 369 g/mol. The third-order valence-corrected chi connectivity index (χ3v) is 5.08. The van der Waals surface area contributed by atoms with Gasteiger partial charge in [-0.15, -0.1) is 0 Å². The molecule has 4 nitrogen and oxygen atoms in total. The van der Waals surface area contributed by atoms with Gasteiger partial charge in [0.15, 0.2) is 0 Å². The van der Waals surface area contributed by atoms with Crippen LogP contribution in [0.4, 0.5) is 0 Å². The van der Waals surface area contributed by atoms with Crippen LogP contribution < -0.4 is 5.32 Å². The van der Waals surface area contributed by atoms with Gasteiger partial charge in [-0.3, -0.25) is 4.79 Å². The van der Waals surface area contributed by atoms with Gasteiger partial charge in [-0.25, -0.2) is 4.68 Å². The van der Waals surface area contributed by atoms with Crippen molar-refractivity contribution >= 4 is 16.7 Å². The Bertz CT molecular complexity index is 1130. The summed E-state index contributed by atoms with van der Waals surface area (Å²) in [6.07, 6.45) is 0.371. The highest BCUT2D eigenvalue weighted by molar-refractivity contribution is 5.85. The minimum absolute atomic E-state index is 0.0153. The van der Waals surface area contributed by atoms with Gasteiger partial charge in [-0.05, 0) is 42.3 Å². The Balaban J connectivity index is 1.45. The van der Waals surface area contributed by atoms with Gasteiger partial charge < -0.3 is 5.32 Å². The summed E-state index contributed by atoms with van der Waals surface area (Å²) in [7, 11) is 0. The third kappa shape index (κ3) is 3.67. The lowest BCUT2D eigenvalue weighted by molar-refractivity contribution is -0.120. The highest BCUT2D eigenvalue weighted by Gasteiger charge is 2.14. The van der Waals surface area contributed by atoms with Crippen molar-refractivity contribution in [2.75, 3.05) is 0 Å². The SMILES string of the molecule is Cc1nn(-c2ccccc2)c(C)c1CNC(=O)Cc1ccc2ccccc2c1. The van der Waals surface area contributed by atoms with Gasteiger partial charge in [0.25, 0.3) is 0 Å². The van der Waals surface area contributed by atoms with Crippen molar-refractivity contribution < 1.29 is 4.79 Å². The van der Waals surface area contributed by atoms with Gasteiger partial charge in [-0.1, -0.05) is 60.7 Å². The van der Waals surface area contributed by atoms with E-state index in [2.05, 4.69) is 34.7 Å². The van der Waals surface area contributed by atoms with E-state index in [1.165, 1.54) is 5.39 Å². The highest BCUT2D eigenvalue weighted by Crippen LogP contribution is 2.18. The molecule has 1 amide bonds. The normalized spacial score (nSPS) is 10.9. The van der Waals surface area contributed by atoms with E-state index in [9.17, 15) is 4.79 Å². The summed E-state index contributed by atoms with van der Waals surface area (Å²) >= 11 is 0. The predicted octanol–water partition coefficient (Wildman–Crippen LogP) is 4.50. The minimum Gasteiger partial charge on any atom is -0.352 e. The molecule has 1 N–H and O–H groups in total. The lowest BCUT2D eigenvalue weighted by Gasteiger charge is -2.08. The molecule has 28 heavy (non-hydrogen) atoms. The van der Waals surface area contributed by atoms with E-state index in [4.69, 9.17) is 0 Å². The first-order valence-electron chi connectivity index (χ1n) is 9.47. The number of carbonyl (C=O) groups is 1. The number of amides is 1. The molecule has 0 saturated heterocycles. The number of para-hydroxylation sites is 1. The van der Waals surface area contributed by atoms with E-state index < -0.39 is 0 Å². The summed E-state index contributed by atoms with van der Waals surface area (Å²) in [5, 5.41) is 10.0. The maximum atomic E-state index is 12.5. The molecule has 0 aliphatic carbocycles. The summed E-state index contributed by atoms with van der Waals surface area (Å²) in [5.74, 6) is 0.0153. The van der Waals surface area contributed by atoms with Crippen molar-refractivity contribution in [1.82, 2.24) is 15.1 Å². The van der Waals surface area contributed by atoms with Gasteiger partial charge in [0.05, 0.1) is 17.8 Å². The van der Waals surface area contributed by atoms with E-state index in [0.29, 0.717) is 13.0 Å². The molecule has 0 aliphatic rings. The molecular weight excluding hydrogens is 346 g/mol. The number of carbonyl (C=O) groups excluding carboxylic acids is 1. The van der Waals surface area contributed by atoms with E-state index in [1.54, 1.807) is 0 Å². The fourth-order valence-electron chi connectivity index (χ4n) is 3.54. The molecule has 3 aromatic carbocycles. The monoisotopic (exact) mass is 369 g/mol. The summed E-state index contributed by atoms with van der Waals surface area (Å²) in [6.45, 7) is 4.51. The molecule has 4 aromatic rings. The van der Waals surface area contributed by atoms with Crippen LogP contribution in [0.25, 0.3) is 16.5 Å². The van der Waals surface area contributed by atoms with Crippen LogP contribution in [-0.2, 0) is 17.8 Å². The van der Waals surface area contributed by atoms with Crippen LogP contribution in [0.15, 0.2) is 72.8 Å². The molecule has 4 rings (SSSR count). The zero-order valence-corrected chi connectivity index (χ0v) is 16.1. The Morgan fingerprint density at radius 1 is 0.929 bits per heavy atom. The number of nitrogens with one attached hydrogen (secondary N) is 1. The highest BCUT2D eigenvalue weighted by atomic mass is 16.1. The smallest absolute Gasteiger partial charge is 0.224 e. The zero-order chi connectivity index (χ0) is 19.5. The number of benzene rings is 3. The molecule has 1 aromatic heterocycles. The first kappa shape index (κ1) is 18.0. The van der Waals surface area contributed by atoms with Crippen LogP contribution in [-0.4, -0.2) is 15.7 Å². The molecule has 0 bridgehead atoms. The number of aromatic nitrogens is 2. The molecule has 0 saturated carbocycles. The number of hydrogen-bond donors (Lipinski definition) is 1. The molecule has 0 radical (unpaired) electrons. The second kappa shape index (κ2) is 7.69. The molecular formula is C24H23N3O. The largest absolute Gasteiger partial charge is 0.352 e. The second-order valence-electron chi connectivity index (χ2n) is 7.03. The number of nitrogens with zero attached hydrogens (tertiary/aromatic N) is 2. The molecule has 0 fully saturated rings. The van der Waals surface area contributed by atoms with Crippen LogP contribution >= 0.6 is 0 Å². The lowest BCUT2D eigenvalue weighted by atomic mass is 10.0. The summed E-state index contributed by atoms with van der Waals surface area (Å²) in [5.41, 5.74) is 5.10. The van der Waals surface area contributed by atoms with Crippen LogP contribution in [0.3, 0.4) is 0 Å². The Morgan fingerprint density at radius 3 is 2.43 bits per heavy atom. The van der Waals surface area contributed by atoms with Crippen LogP contribution in [0.2, 0.25) is 0 Å². The predicted molar refractivity (Wildman–Crippen MR) is 113 cm³/mol. The van der Waals surface area contributed by atoms with E-state index >= 15 is 0 Å². The quantitative estimate of drug-likeness (QED) is 0.563. The van der Waals surface area contributed by atoms with E-state index in [1.807, 2.05) is 67.1 Å². The maximum Gasteiger partial charge on any atom is 0.224 e. The first-order chi connectivity index (χ1) is 13.6. The Kier molecular flexibility index (Phi) is 4.94. The van der Waals surface area contributed by atoms with Gasteiger partial charge in [0.2, 0.25) is 5.91 Å². The summed E-state index contributed by atoms with van der Waals surface area (Å²) in [6, 6.07) is 24.4. The minimum atomic E-state index is 0.0153. The molecule has 0 aliphatic heterocycles. The van der Waals surface area contributed by atoms with Gasteiger partial charge >= 0.3 is 0 Å². The van der Waals surface area contributed by atoms with Crippen LogP contribution in [0.1, 0.15) is 22.5 Å². The fraction of sp³-hybridized carbons (Fsp3) is 0.167. The molecule has 0 atom stereocenters. The maximum absolute atomic E-state index is 12.5. The summed E-state index contributed by atoms with van der Waals surface area (Å²) in [4.78, 5) is 12.5.